The van der Waals surface area contributed by atoms with Crippen LogP contribution in [-0.4, -0.2) is 16.1 Å². The molecule has 1 heterocycles. The van der Waals surface area contributed by atoms with Gasteiger partial charge >= 0.3 is 0 Å². The van der Waals surface area contributed by atoms with Crippen molar-refractivity contribution in [3.8, 4) is 16.2 Å². The lowest BCUT2D eigenvalue weighted by atomic mass is 10.1. The lowest BCUT2D eigenvalue weighted by Gasteiger charge is -2.10. The van der Waals surface area contributed by atoms with Gasteiger partial charge in [0.05, 0.1) is 16.1 Å². The molecule has 0 atom stereocenters. The minimum Gasteiger partial charge on any atom is -0.493 e. The Hall–Kier alpha value is -0.773. The van der Waals surface area contributed by atoms with E-state index in [-0.39, 0.29) is 0 Å². The van der Waals surface area contributed by atoms with Crippen molar-refractivity contribution >= 4 is 37.0 Å². The smallest absolute Gasteiger partial charge is 0.128 e. The molecular formula is C14H15ClOSSi. The minimum absolute atomic E-state index is 0.738. The first-order valence-electron chi connectivity index (χ1n) is 5.95. The largest absolute Gasteiger partial charge is 0.493 e. The van der Waals surface area contributed by atoms with E-state index < -0.39 is 0 Å². The Morgan fingerprint density at radius 2 is 2.11 bits per heavy atom. The number of ether oxygens (including phenoxy) is 1. The van der Waals surface area contributed by atoms with Crippen LogP contribution in [0.25, 0.3) is 10.4 Å². The highest BCUT2D eigenvalue weighted by atomic mass is 35.5. The first-order chi connectivity index (χ1) is 8.74. The fraction of sp³-hybridized carbons (Fsp3) is 0.286. The number of rotatable bonds is 5. The van der Waals surface area contributed by atoms with Gasteiger partial charge < -0.3 is 4.74 Å². The lowest BCUT2D eigenvalue weighted by Crippen LogP contribution is -2.01. The lowest BCUT2D eigenvalue weighted by molar-refractivity contribution is 0.319. The van der Waals surface area contributed by atoms with Crippen molar-refractivity contribution in [1.82, 2.24) is 0 Å². The number of benzene rings is 1. The molecule has 1 aromatic carbocycles. The highest BCUT2D eigenvalue weighted by Gasteiger charge is 2.09. The highest BCUT2D eigenvalue weighted by Crippen LogP contribution is 2.34. The Balaban J connectivity index is 2.37. The van der Waals surface area contributed by atoms with Crippen LogP contribution in [0.5, 0.6) is 5.75 Å². The summed E-state index contributed by atoms with van der Waals surface area (Å²) >= 11 is 7.91. The van der Waals surface area contributed by atoms with Gasteiger partial charge in [-0.05, 0) is 35.2 Å². The second kappa shape index (κ2) is 6.41. The van der Waals surface area contributed by atoms with E-state index in [9.17, 15) is 0 Å². The SMILES string of the molecule is CCCOc1ccc(Cl)cc1-c1ccc([Si]C)s1. The molecule has 0 unspecified atom stereocenters. The highest BCUT2D eigenvalue weighted by molar-refractivity contribution is 7.24. The summed E-state index contributed by atoms with van der Waals surface area (Å²) in [6, 6.07) is 10.2. The summed E-state index contributed by atoms with van der Waals surface area (Å²) in [6.07, 6.45) is 1.01. The van der Waals surface area contributed by atoms with Crippen LogP contribution >= 0.6 is 22.9 Å². The summed E-state index contributed by atoms with van der Waals surface area (Å²) in [5.41, 5.74) is 1.10. The molecular weight excluding hydrogens is 280 g/mol. The second-order valence-corrected chi connectivity index (χ2v) is 6.82. The minimum atomic E-state index is 0.738. The first-order valence-corrected chi connectivity index (χ1v) is 8.64. The Labute approximate surface area is 120 Å². The van der Waals surface area contributed by atoms with Gasteiger partial charge in [0, 0.05) is 15.5 Å². The molecule has 18 heavy (non-hydrogen) atoms. The van der Waals surface area contributed by atoms with Crippen LogP contribution in [0.2, 0.25) is 11.6 Å². The fourth-order valence-corrected chi connectivity index (χ4v) is 3.59. The van der Waals surface area contributed by atoms with Gasteiger partial charge in [0.1, 0.15) is 5.75 Å². The topological polar surface area (TPSA) is 9.23 Å². The second-order valence-electron chi connectivity index (χ2n) is 3.90. The van der Waals surface area contributed by atoms with Crippen LogP contribution in [0.4, 0.5) is 0 Å². The quantitative estimate of drug-likeness (QED) is 0.750. The van der Waals surface area contributed by atoms with Crippen molar-refractivity contribution in [2.75, 3.05) is 6.61 Å². The van der Waals surface area contributed by atoms with Crippen molar-refractivity contribution in [2.24, 2.45) is 0 Å². The van der Waals surface area contributed by atoms with E-state index in [1.807, 2.05) is 29.5 Å². The summed E-state index contributed by atoms with van der Waals surface area (Å²) in [6.45, 7) is 5.04. The molecule has 1 aromatic heterocycles. The van der Waals surface area contributed by atoms with E-state index >= 15 is 0 Å². The fourth-order valence-electron chi connectivity index (χ4n) is 1.65. The predicted molar refractivity (Wildman–Crippen MR) is 81.8 cm³/mol. The zero-order valence-electron chi connectivity index (χ0n) is 10.5. The van der Waals surface area contributed by atoms with Crippen LogP contribution in [0.15, 0.2) is 30.3 Å². The average Bonchev–Trinajstić information content (AvgIpc) is 2.86. The molecule has 2 rings (SSSR count). The third-order valence-corrected chi connectivity index (χ3v) is 5.27. The summed E-state index contributed by atoms with van der Waals surface area (Å²) in [4.78, 5) is 1.23. The first kappa shape index (κ1) is 13.7. The number of hydrogen-bond acceptors (Lipinski definition) is 2. The van der Waals surface area contributed by atoms with Crippen molar-refractivity contribution in [2.45, 2.75) is 19.9 Å². The van der Waals surface area contributed by atoms with E-state index in [0.29, 0.717) is 0 Å². The van der Waals surface area contributed by atoms with Gasteiger partial charge in [-0.2, -0.15) is 0 Å². The molecule has 0 aliphatic carbocycles. The van der Waals surface area contributed by atoms with Crippen LogP contribution < -0.4 is 9.24 Å². The number of halogens is 1. The standard InChI is InChI=1S/C14H15ClOSSi/c1-3-8-16-12-5-4-10(15)9-11(12)13-6-7-14(17-13)18-2/h4-7,9H,3,8H2,1-2H3. The third kappa shape index (κ3) is 3.16. The molecule has 2 radical (unpaired) electrons. The Bertz CT molecular complexity index is 524. The zero-order chi connectivity index (χ0) is 13.0. The summed E-state index contributed by atoms with van der Waals surface area (Å²) in [7, 11) is 0.835. The Morgan fingerprint density at radius 1 is 1.28 bits per heavy atom. The molecule has 0 fully saturated rings. The Kier molecular flexibility index (Phi) is 4.86. The Morgan fingerprint density at radius 3 is 2.78 bits per heavy atom. The van der Waals surface area contributed by atoms with Gasteiger partial charge in [0.25, 0.3) is 0 Å². The van der Waals surface area contributed by atoms with E-state index in [4.69, 9.17) is 16.3 Å². The molecule has 4 heteroatoms. The van der Waals surface area contributed by atoms with E-state index in [0.717, 1.165) is 38.9 Å². The molecule has 0 aliphatic heterocycles. The van der Waals surface area contributed by atoms with Crippen LogP contribution in [0, 0.1) is 0 Å². The van der Waals surface area contributed by atoms with Gasteiger partial charge in [-0.25, -0.2) is 0 Å². The number of thiophene rings is 1. The average molecular weight is 295 g/mol. The normalized spacial score (nSPS) is 10.6. The van der Waals surface area contributed by atoms with Crippen molar-refractivity contribution in [1.29, 1.82) is 0 Å². The number of hydrogen-bond donors (Lipinski definition) is 0. The van der Waals surface area contributed by atoms with Gasteiger partial charge in [-0.1, -0.05) is 31.1 Å². The van der Waals surface area contributed by atoms with Crippen molar-refractivity contribution in [3.63, 3.8) is 0 Å². The van der Waals surface area contributed by atoms with Gasteiger partial charge in [-0.3, -0.25) is 0 Å². The van der Waals surface area contributed by atoms with Crippen LogP contribution in [-0.2, 0) is 0 Å². The predicted octanol–water partition coefficient (Wildman–Crippen LogP) is 4.23. The van der Waals surface area contributed by atoms with E-state index in [2.05, 4.69) is 25.6 Å². The van der Waals surface area contributed by atoms with E-state index in [1.54, 1.807) is 0 Å². The molecule has 94 valence electrons. The summed E-state index contributed by atoms with van der Waals surface area (Å²) < 4.78 is 7.20. The zero-order valence-corrected chi connectivity index (χ0v) is 13.1. The maximum Gasteiger partial charge on any atom is 0.128 e. The molecule has 0 saturated carbocycles. The monoisotopic (exact) mass is 294 g/mol. The molecule has 0 N–H and O–H groups in total. The molecule has 0 bridgehead atoms. The van der Waals surface area contributed by atoms with Crippen molar-refractivity contribution < 1.29 is 4.74 Å². The van der Waals surface area contributed by atoms with Crippen LogP contribution in [0.3, 0.4) is 0 Å². The molecule has 0 amide bonds. The van der Waals surface area contributed by atoms with Crippen LogP contribution in [0.1, 0.15) is 13.3 Å². The molecule has 0 aliphatic rings. The molecule has 2 aromatic rings. The molecule has 0 saturated heterocycles. The summed E-state index contributed by atoms with van der Waals surface area (Å²) in [5, 5.41) is 0.753. The molecule has 1 nitrogen and oxygen atoms in total. The van der Waals surface area contributed by atoms with E-state index in [1.165, 1.54) is 9.38 Å². The maximum absolute atomic E-state index is 6.09. The maximum atomic E-state index is 6.09. The van der Waals surface area contributed by atoms with Crippen molar-refractivity contribution in [3.05, 3.63) is 35.4 Å². The van der Waals surface area contributed by atoms with Gasteiger partial charge in [-0.15, -0.1) is 11.3 Å². The molecule has 0 spiro atoms. The summed E-state index contributed by atoms with van der Waals surface area (Å²) in [5.74, 6) is 0.925. The van der Waals surface area contributed by atoms with Gasteiger partial charge in [0.2, 0.25) is 0 Å². The third-order valence-electron chi connectivity index (χ3n) is 2.52. The van der Waals surface area contributed by atoms with Gasteiger partial charge in [0.15, 0.2) is 0 Å².